The Hall–Kier alpha value is -0.870. The maximum Gasteiger partial charge on any atom is 0.0550 e. The van der Waals surface area contributed by atoms with Gasteiger partial charge in [-0.25, -0.2) is 0 Å². The highest BCUT2D eigenvalue weighted by Gasteiger charge is 2.12. The molecule has 0 aliphatic carbocycles. The maximum absolute atomic E-state index is 5.07. The minimum absolute atomic E-state index is 0.387. The van der Waals surface area contributed by atoms with Gasteiger partial charge in [0.15, 0.2) is 0 Å². The van der Waals surface area contributed by atoms with Gasteiger partial charge >= 0.3 is 0 Å². The van der Waals surface area contributed by atoms with Crippen molar-refractivity contribution in [3.8, 4) is 0 Å². The van der Waals surface area contributed by atoms with Gasteiger partial charge in [-0.05, 0) is 25.5 Å². The van der Waals surface area contributed by atoms with E-state index in [1.165, 1.54) is 5.69 Å². The number of hydrogen-bond donors (Lipinski definition) is 1. The molecular weight excluding hydrogens is 190 g/mol. The number of hydrogen-bond acceptors (Lipinski definition) is 3. The molecule has 4 nitrogen and oxygen atoms in total. The molecule has 1 aromatic rings. The summed E-state index contributed by atoms with van der Waals surface area (Å²) in [6.07, 6.45) is 4.00. The van der Waals surface area contributed by atoms with Gasteiger partial charge in [-0.2, -0.15) is 5.10 Å². The van der Waals surface area contributed by atoms with Gasteiger partial charge in [0, 0.05) is 33.0 Å². The summed E-state index contributed by atoms with van der Waals surface area (Å²) >= 11 is 0. The molecule has 0 saturated carbocycles. The molecule has 0 aromatic carbocycles. The van der Waals surface area contributed by atoms with Crippen molar-refractivity contribution in [1.29, 1.82) is 0 Å². The quantitative estimate of drug-likeness (QED) is 0.695. The molecule has 0 spiro atoms. The average Bonchev–Trinajstić information content (AvgIpc) is 2.64. The second kappa shape index (κ2) is 6.58. The van der Waals surface area contributed by atoms with Gasteiger partial charge in [0.1, 0.15) is 0 Å². The van der Waals surface area contributed by atoms with Crippen LogP contribution in [-0.2, 0) is 11.8 Å². The molecule has 1 rings (SSSR count). The molecule has 0 radical (unpaired) electrons. The summed E-state index contributed by atoms with van der Waals surface area (Å²) in [5.41, 5.74) is 1.24. The summed E-state index contributed by atoms with van der Waals surface area (Å²) in [7, 11) is 3.72. The Bertz CT molecular complexity index is 273. The SMILES string of the molecule is CCNC(CCCOC)c1ccnn1C. The van der Waals surface area contributed by atoms with Crippen molar-refractivity contribution in [2.24, 2.45) is 7.05 Å². The second-order valence-corrected chi connectivity index (χ2v) is 3.62. The van der Waals surface area contributed by atoms with E-state index in [9.17, 15) is 0 Å². The molecule has 1 heterocycles. The van der Waals surface area contributed by atoms with Crippen LogP contribution in [0.4, 0.5) is 0 Å². The lowest BCUT2D eigenvalue weighted by molar-refractivity contribution is 0.188. The van der Waals surface area contributed by atoms with Gasteiger partial charge < -0.3 is 10.1 Å². The zero-order valence-corrected chi connectivity index (χ0v) is 9.86. The van der Waals surface area contributed by atoms with Crippen LogP contribution in [0.2, 0.25) is 0 Å². The predicted molar refractivity (Wildman–Crippen MR) is 60.7 cm³/mol. The minimum atomic E-state index is 0.387. The summed E-state index contributed by atoms with van der Waals surface area (Å²) in [6.45, 7) is 3.92. The molecule has 0 aliphatic rings. The molecule has 1 aromatic heterocycles. The predicted octanol–water partition coefficient (Wildman–Crippen LogP) is 1.50. The molecular formula is C11H21N3O. The molecule has 1 unspecified atom stereocenters. The minimum Gasteiger partial charge on any atom is -0.385 e. The van der Waals surface area contributed by atoms with Crippen molar-refractivity contribution in [1.82, 2.24) is 15.1 Å². The van der Waals surface area contributed by atoms with Gasteiger partial charge in [0.25, 0.3) is 0 Å². The Labute approximate surface area is 91.6 Å². The summed E-state index contributed by atoms with van der Waals surface area (Å²) in [6, 6.07) is 2.46. The third-order valence-electron chi connectivity index (χ3n) is 2.51. The fourth-order valence-electron chi connectivity index (χ4n) is 1.76. The van der Waals surface area contributed by atoms with Crippen molar-refractivity contribution >= 4 is 0 Å². The fraction of sp³-hybridized carbons (Fsp3) is 0.727. The lowest BCUT2D eigenvalue weighted by atomic mass is 10.1. The number of methoxy groups -OCH3 is 1. The number of nitrogens with zero attached hydrogens (tertiary/aromatic N) is 2. The molecule has 1 atom stereocenters. The number of ether oxygens (including phenoxy) is 1. The molecule has 0 saturated heterocycles. The molecule has 0 bridgehead atoms. The van der Waals surface area contributed by atoms with E-state index in [1.807, 2.05) is 17.9 Å². The van der Waals surface area contributed by atoms with Crippen LogP contribution in [0.5, 0.6) is 0 Å². The largest absolute Gasteiger partial charge is 0.385 e. The van der Waals surface area contributed by atoms with Crippen LogP contribution >= 0.6 is 0 Å². The normalized spacial score (nSPS) is 13.0. The van der Waals surface area contributed by atoms with E-state index in [0.29, 0.717) is 6.04 Å². The Morgan fingerprint density at radius 1 is 1.60 bits per heavy atom. The van der Waals surface area contributed by atoms with Gasteiger partial charge in [-0.15, -0.1) is 0 Å². The molecule has 0 amide bonds. The Kier molecular flexibility index (Phi) is 5.36. The Balaban J connectivity index is 2.53. The van der Waals surface area contributed by atoms with Crippen molar-refractivity contribution in [3.05, 3.63) is 18.0 Å². The van der Waals surface area contributed by atoms with Crippen molar-refractivity contribution in [2.75, 3.05) is 20.3 Å². The van der Waals surface area contributed by atoms with Crippen LogP contribution in [0.25, 0.3) is 0 Å². The van der Waals surface area contributed by atoms with Crippen LogP contribution in [0.1, 0.15) is 31.5 Å². The smallest absolute Gasteiger partial charge is 0.0550 e. The second-order valence-electron chi connectivity index (χ2n) is 3.62. The Morgan fingerprint density at radius 2 is 2.40 bits per heavy atom. The lowest BCUT2D eigenvalue weighted by Gasteiger charge is -2.17. The number of rotatable bonds is 7. The molecule has 86 valence electrons. The maximum atomic E-state index is 5.07. The first kappa shape index (κ1) is 12.2. The molecule has 15 heavy (non-hydrogen) atoms. The first-order valence-corrected chi connectivity index (χ1v) is 5.49. The summed E-state index contributed by atoms with van der Waals surface area (Å²) in [4.78, 5) is 0. The topological polar surface area (TPSA) is 39.1 Å². The fourth-order valence-corrected chi connectivity index (χ4v) is 1.76. The van der Waals surface area contributed by atoms with E-state index >= 15 is 0 Å². The Morgan fingerprint density at radius 3 is 2.93 bits per heavy atom. The van der Waals surface area contributed by atoms with Crippen LogP contribution in [0.3, 0.4) is 0 Å². The highest BCUT2D eigenvalue weighted by Crippen LogP contribution is 2.17. The van der Waals surface area contributed by atoms with E-state index in [0.717, 1.165) is 26.0 Å². The van der Waals surface area contributed by atoms with Crippen LogP contribution < -0.4 is 5.32 Å². The third-order valence-corrected chi connectivity index (χ3v) is 2.51. The van der Waals surface area contributed by atoms with Gasteiger partial charge in [0.05, 0.1) is 5.69 Å². The van der Waals surface area contributed by atoms with Gasteiger partial charge in [-0.1, -0.05) is 6.92 Å². The monoisotopic (exact) mass is 211 g/mol. The van der Waals surface area contributed by atoms with Crippen LogP contribution in [0.15, 0.2) is 12.3 Å². The van der Waals surface area contributed by atoms with Crippen molar-refractivity contribution < 1.29 is 4.74 Å². The molecule has 1 N–H and O–H groups in total. The number of aromatic nitrogens is 2. The zero-order chi connectivity index (χ0) is 11.1. The first-order chi connectivity index (χ1) is 7.29. The standard InChI is InChI=1S/C11H21N3O/c1-4-12-10(6-5-9-15-3)11-7-8-13-14(11)2/h7-8,10,12H,4-6,9H2,1-3H3. The van der Waals surface area contributed by atoms with Crippen molar-refractivity contribution in [3.63, 3.8) is 0 Å². The summed E-state index contributed by atoms with van der Waals surface area (Å²) in [5, 5.41) is 7.66. The van der Waals surface area contributed by atoms with Gasteiger partial charge in [0.2, 0.25) is 0 Å². The highest BCUT2D eigenvalue weighted by atomic mass is 16.5. The van der Waals surface area contributed by atoms with Gasteiger partial charge in [-0.3, -0.25) is 4.68 Å². The van der Waals surface area contributed by atoms with E-state index in [4.69, 9.17) is 4.74 Å². The zero-order valence-electron chi connectivity index (χ0n) is 9.86. The van der Waals surface area contributed by atoms with Crippen LogP contribution in [0, 0.1) is 0 Å². The summed E-state index contributed by atoms with van der Waals surface area (Å²) in [5.74, 6) is 0. The average molecular weight is 211 g/mol. The van der Waals surface area contributed by atoms with E-state index in [1.54, 1.807) is 7.11 Å². The molecule has 0 fully saturated rings. The highest BCUT2D eigenvalue weighted by molar-refractivity contribution is 5.06. The van der Waals surface area contributed by atoms with E-state index in [2.05, 4.69) is 23.4 Å². The summed E-state index contributed by atoms with van der Waals surface area (Å²) < 4.78 is 7.00. The van der Waals surface area contributed by atoms with Crippen LogP contribution in [-0.4, -0.2) is 30.0 Å². The number of nitrogens with one attached hydrogen (secondary N) is 1. The van der Waals surface area contributed by atoms with E-state index in [-0.39, 0.29) is 0 Å². The number of aryl methyl sites for hydroxylation is 1. The lowest BCUT2D eigenvalue weighted by Crippen LogP contribution is -2.23. The third kappa shape index (κ3) is 3.64. The van der Waals surface area contributed by atoms with E-state index < -0.39 is 0 Å². The van der Waals surface area contributed by atoms with Crippen molar-refractivity contribution in [2.45, 2.75) is 25.8 Å². The molecule has 0 aliphatic heterocycles. The molecule has 4 heteroatoms. The first-order valence-electron chi connectivity index (χ1n) is 5.49.